The Bertz CT molecular complexity index is 1220. The molecule has 0 aliphatic rings. The molecule has 1 aromatic carbocycles. The predicted octanol–water partition coefficient (Wildman–Crippen LogP) is 3.77. The molecule has 7 heteroatoms. The lowest BCUT2D eigenvalue weighted by Crippen LogP contribution is -2.26. The van der Waals surface area contributed by atoms with Crippen molar-refractivity contribution >= 4 is 27.5 Å². The monoisotopic (exact) mass is 404 g/mol. The van der Waals surface area contributed by atoms with Crippen LogP contribution in [0, 0.1) is 6.92 Å². The van der Waals surface area contributed by atoms with Crippen molar-refractivity contribution in [2.24, 2.45) is 0 Å². The van der Waals surface area contributed by atoms with Crippen LogP contribution in [0.2, 0.25) is 0 Å². The number of carbonyl (C=O) groups is 1. The first kappa shape index (κ1) is 19.0. The van der Waals surface area contributed by atoms with E-state index in [0.29, 0.717) is 32.9 Å². The van der Waals surface area contributed by atoms with Gasteiger partial charge in [0.1, 0.15) is 10.7 Å². The van der Waals surface area contributed by atoms with Gasteiger partial charge in [0.15, 0.2) is 0 Å². The van der Waals surface area contributed by atoms with Gasteiger partial charge in [-0.2, -0.15) is 0 Å². The first-order valence-corrected chi connectivity index (χ1v) is 10.1. The number of aromatic amines is 1. The van der Waals surface area contributed by atoms with E-state index in [4.69, 9.17) is 0 Å². The number of aromatic nitrogens is 3. The van der Waals surface area contributed by atoms with E-state index in [1.165, 1.54) is 11.3 Å². The van der Waals surface area contributed by atoms with Crippen LogP contribution in [0.5, 0.6) is 0 Å². The Morgan fingerprint density at radius 3 is 2.72 bits per heavy atom. The fourth-order valence-electron chi connectivity index (χ4n) is 3.26. The fraction of sp³-hybridized carbons (Fsp3) is 0.182. The molecule has 1 unspecified atom stereocenters. The van der Waals surface area contributed by atoms with E-state index >= 15 is 0 Å². The van der Waals surface area contributed by atoms with Gasteiger partial charge >= 0.3 is 0 Å². The average molecular weight is 404 g/mol. The standard InChI is InChI=1S/C22H20N4O2S/c1-13-18-20(27)25-17(11-15-7-4-3-5-8-15)26-22(18)29-19(13)21(28)24-14(2)16-9-6-10-23-12-16/h3-10,12,14H,11H2,1-2H3,(H,24,28)(H,25,26,27). The first-order chi connectivity index (χ1) is 14.0. The maximum Gasteiger partial charge on any atom is 0.262 e. The zero-order valence-electron chi connectivity index (χ0n) is 16.1. The van der Waals surface area contributed by atoms with Gasteiger partial charge in [0.05, 0.1) is 16.3 Å². The number of nitrogens with one attached hydrogen (secondary N) is 2. The molecule has 3 heterocycles. The van der Waals surface area contributed by atoms with Gasteiger partial charge in [-0.25, -0.2) is 4.98 Å². The van der Waals surface area contributed by atoms with Crippen molar-refractivity contribution in [3.63, 3.8) is 0 Å². The molecule has 2 N–H and O–H groups in total. The summed E-state index contributed by atoms with van der Waals surface area (Å²) in [6, 6.07) is 13.4. The summed E-state index contributed by atoms with van der Waals surface area (Å²) >= 11 is 1.25. The van der Waals surface area contributed by atoms with E-state index in [-0.39, 0.29) is 17.5 Å². The summed E-state index contributed by atoms with van der Waals surface area (Å²) < 4.78 is 0. The second kappa shape index (κ2) is 7.97. The maximum atomic E-state index is 12.8. The van der Waals surface area contributed by atoms with Crippen LogP contribution in [0.1, 0.15) is 45.2 Å². The smallest absolute Gasteiger partial charge is 0.262 e. The molecule has 0 saturated carbocycles. The Morgan fingerprint density at radius 2 is 2.00 bits per heavy atom. The third-order valence-corrected chi connectivity index (χ3v) is 5.99. The fourth-order valence-corrected chi connectivity index (χ4v) is 4.36. The number of fused-ring (bicyclic) bond motifs is 1. The molecule has 3 aromatic heterocycles. The van der Waals surface area contributed by atoms with Gasteiger partial charge in [0.25, 0.3) is 11.5 Å². The van der Waals surface area contributed by atoms with Gasteiger partial charge in [0.2, 0.25) is 0 Å². The van der Waals surface area contributed by atoms with Crippen LogP contribution < -0.4 is 10.9 Å². The highest BCUT2D eigenvalue weighted by Gasteiger charge is 2.21. The summed E-state index contributed by atoms with van der Waals surface area (Å²) in [7, 11) is 0. The molecule has 6 nitrogen and oxygen atoms in total. The number of aryl methyl sites for hydroxylation is 1. The minimum absolute atomic E-state index is 0.194. The summed E-state index contributed by atoms with van der Waals surface area (Å²) in [5, 5.41) is 3.46. The Balaban J connectivity index is 1.63. The highest BCUT2D eigenvalue weighted by atomic mass is 32.1. The predicted molar refractivity (Wildman–Crippen MR) is 114 cm³/mol. The number of carbonyl (C=O) groups excluding carboxylic acids is 1. The number of amides is 1. The van der Waals surface area contributed by atoms with Crippen molar-refractivity contribution in [3.8, 4) is 0 Å². The maximum absolute atomic E-state index is 12.8. The van der Waals surface area contributed by atoms with Crippen LogP contribution in [0.4, 0.5) is 0 Å². The molecule has 4 aromatic rings. The van der Waals surface area contributed by atoms with Crippen molar-refractivity contribution in [1.82, 2.24) is 20.3 Å². The van der Waals surface area contributed by atoms with Crippen LogP contribution in [-0.4, -0.2) is 20.9 Å². The van der Waals surface area contributed by atoms with Crippen LogP contribution in [-0.2, 0) is 6.42 Å². The molecule has 4 rings (SSSR count). The second-order valence-corrected chi connectivity index (χ2v) is 7.89. The molecule has 0 radical (unpaired) electrons. The molecule has 0 aliphatic carbocycles. The van der Waals surface area contributed by atoms with Gasteiger partial charge in [-0.3, -0.25) is 14.6 Å². The van der Waals surface area contributed by atoms with Crippen molar-refractivity contribution in [2.75, 3.05) is 0 Å². The number of hydrogen-bond acceptors (Lipinski definition) is 5. The zero-order chi connectivity index (χ0) is 20.4. The lowest BCUT2D eigenvalue weighted by Gasteiger charge is -2.13. The van der Waals surface area contributed by atoms with Gasteiger partial charge in [-0.1, -0.05) is 36.4 Å². The lowest BCUT2D eigenvalue weighted by molar-refractivity contribution is 0.0943. The SMILES string of the molecule is Cc1c(C(=O)NC(C)c2cccnc2)sc2nc(Cc3ccccc3)[nH]c(=O)c12. The van der Waals surface area contributed by atoms with E-state index in [9.17, 15) is 9.59 Å². The van der Waals surface area contributed by atoms with E-state index < -0.39 is 0 Å². The largest absolute Gasteiger partial charge is 0.345 e. The molecule has 0 aliphatic heterocycles. The van der Waals surface area contributed by atoms with Crippen molar-refractivity contribution < 1.29 is 4.79 Å². The molecule has 0 bridgehead atoms. The van der Waals surface area contributed by atoms with Crippen LogP contribution in [0.3, 0.4) is 0 Å². The molecule has 29 heavy (non-hydrogen) atoms. The molecule has 0 spiro atoms. The Kier molecular flexibility index (Phi) is 5.22. The molecule has 146 valence electrons. The number of benzene rings is 1. The Morgan fingerprint density at radius 1 is 1.21 bits per heavy atom. The van der Waals surface area contributed by atoms with Crippen LogP contribution >= 0.6 is 11.3 Å². The van der Waals surface area contributed by atoms with E-state index in [2.05, 4.69) is 20.3 Å². The molecule has 0 saturated heterocycles. The highest BCUT2D eigenvalue weighted by Crippen LogP contribution is 2.27. The van der Waals surface area contributed by atoms with Crippen molar-refractivity contribution in [1.29, 1.82) is 0 Å². The summed E-state index contributed by atoms with van der Waals surface area (Å²) in [5.41, 5.74) is 2.42. The van der Waals surface area contributed by atoms with Crippen molar-refractivity contribution in [3.05, 3.63) is 92.6 Å². The quantitative estimate of drug-likeness (QED) is 0.530. The van der Waals surface area contributed by atoms with E-state index in [1.54, 1.807) is 19.3 Å². The zero-order valence-corrected chi connectivity index (χ0v) is 16.9. The lowest BCUT2D eigenvalue weighted by atomic mass is 10.1. The Hall–Kier alpha value is -3.32. The van der Waals surface area contributed by atoms with Crippen molar-refractivity contribution in [2.45, 2.75) is 26.3 Å². The highest BCUT2D eigenvalue weighted by molar-refractivity contribution is 7.20. The summed E-state index contributed by atoms with van der Waals surface area (Å²) in [6.45, 7) is 3.69. The number of pyridine rings is 1. The van der Waals surface area contributed by atoms with E-state index in [0.717, 1.165) is 11.1 Å². The van der Waals surface area contributed by atoms with E-state index in [1.807, 2.05) is 49.4 Å². The topological polar surface area (TPSA) is 87.7 Å². The minimum atomic E-state index is -0.217. The summed E-state index contributed by atoms with van der Waals surface area (Å²) in [5.74, 6) is 0.372. The molecular weight excluding hydrogens is 384 g/mol. The minimum Gasteiger partial charge on any atom is -0.345 e. The van der Waals surface area contributed by atoms with Crippen LogP contribution in [0.15, 0.2) is 59.7 Å². The number of nitrogens with zero attached hydrogens (tertiary/aromatic N) is 2. The second-order valence-electron chi connectivity index (χ2n) is 6.89. The number of rotatable bonds is 5. The average Bonchev–Trinajstić information content (AvgIpc) is 3.06. The Labute approximate surface area is 171 Å². The molecular formula is C22H20N4O2S. The normalized spacial score (nSPS) is 12.1. The van der Waals surface area contributed by atoms with Gasteiger partial charge in [0, 0.05) is 18.8 Å². The van der Waals surface area contributed by atoms with Gasteiger partial charge in [-0.15, -0.1) is 11.3 Å². The van der Waals surface area contributed by atoms with Gasteiger partial charge in [-0.05, 0) is 36.6 Å². The van der Waals surface area contributed by atoms with Gasteiger partial charge < -0.3 is 10.3 Å². The molecule has 0 fully saturated rings. The summed E-state index contributed by atoms with van der Waals surface area (Å²) in [6.07, 6.45) is 3.95. The molecule has 1 amide bonds. The summed E-state index contributed by atoms with van der Waals surface area (Å²) in [4.78, 5) is 38.1. The number of H-pyrrole nitrogens is 1. The number of thiophene rings is 1. The van der Waals surface area contributed by atoms with Crippen LogP contribution in [0.25, 0.3) is 10.2 Å². The third-order valence-electron chi connectivity index (χ3n) is 4.80. The number of hydrogen-bond donors (Lipinski definition) is 2. The first-order valence-electron chi connectivity index (χ1n) is 9.30. The molecule has 1 atom stereocenters. The third kappa shape index (κ3) is 3.95.